The predicted octanol–water partition coefficient (Wildman–Crippen LogP) is 4.56. The molecule has 134 valence electrons. The van der Waals surface area contributed by atoms with Crippen molar-refractivity contribution in [2.75, 3.05) is 11.9 Å². The second kappa shape index (κ2) is 8.17. The van der Waals surface area contributed by atoms with E-state index in [1.54, 1.807) is 12.1 Å². The van der Waals surface area contributed by atoms with Gasteiger partial charge in [0.05, 0.1) is 15.7 Å². The number of nitrogens with zero attached hydrogens (tertiary/aromatic N) is 2. The monoisotopic (exact) mass is 399 g/mol. The van der Waals surface area contributed by atoms with E-state index in [4.69, 9.17) is 23.2 Å². The van der Waals surface area contributed by atoms with E-state index >= 15 is 0 Å². The SMILES string of the molecule is Cc1nc(NC(=O)CN(C(=O)c2ccc(Cl)c(Cl)c2)C(C)C)sc1C. The van der Waals surface area contributed by atoms with Crippen LogP contribution in [-0.2, 0) is 4.79 Å². The van der Waals surface area contributed by atoms with Crippen LogP contribution >= 0.6 is 34.5 Å². The topological polar surface area (TPSA) is 62.3 Å². The van der Waals surface area contributed by atoms with Crippen molar-refractivity contribution >= 4 is 51.5 Å². The van der Waals surface area contributed by atoms with Gasteiger partial charge in [-0.15, -0.1) is 11.3 Å². The van der Waals surface area contributed by atoms with Crippen molar-refractivity contribution in [3.8, 4) is 0 Å². The minimum Gasteiger partial charge on any atom is -0.327 e. The molecule has 0 unspecified atom stereocenters. The van der Waals surface area contributed by atoms with Crippen LogP contribution in [0.3, 0.4) is 0 Å². The lowest BCUT2D eigenvalue weighted by Gasteiger charge is -2.26. The minimum atomic E-state index is -0.295. The molecule has 0 atom stereocenters. The Morgan fingerprint density at radius 3 is 2.44 bits per heavy atom. The highest BCUT2D eigenvalue weighted by atomic mass is 35.5. The molecule has 2 aromatic rings. The van der Waals surface area contributed by atoms with Gasteiger partial charge in [0.25, 0.3) is 5.91 Å². The summed E-state index contributed by atoms with van der Waals surface area (Å²) < 4.78 is 0. The summed E-state index contributed by atoms with van der Waals surface area (Å²) in [6.45, 7) is 7.45. The number of thiazole rings is 1. The molecule has 0 aliphatic rings. The first kappa shape index (κ1) is 19.7. The van der Waals surface area contributed by atoms with E-state index in [0.29, 0.717) is 20.7 Å². The fraction of sp³-hybridized carbons (Fsp3) is 0.353. The quantitative estimate of drug-likeness (QED) is 0.801. The summed E-state index contributed by atoms with van der Waals surface area (Å²) in [7, 11) is 0. The molecule has 0 spiro atoms. The summed E-state index contributed by atoms with van der Waals surface area (Å²) in [5, 5.41) is 3.95. The van der Waals surface area contributed by atoms with Crippen molar-refractivity contribution in [2.24, 2.45) is 0 Å². The first-order valence-corrected chi connectivity index (χ1v) is 9.26. The van der Waals surface area contributed by atoms with Crippen molar-refractivity contribution in [2.45, 2.75) is 33.7 Å². The first-order valence-electron chi connectivity index (χ1n) is 7.69. The highest BCUT2D eigenvalue weighted by Crippen LogP contribution is 2.24. The zero-order chi connectivity index (χ0) is 18.7. The normalized spacial score (nSPS) is 10.8. The molecule has 0 aliphatic heterocycles. The van der Waals surface area contributed by atoms with Gasteiger partial charge in [0.2, 0.25) is 5.91 Å². The average molecular weight is 400 g/mol. The van der Waals surface area contributed by atoms with Gasteiger partial charge in [-0.3, -0.25) is 9.59 Å². The molecular formula is C17H19Cl2N3O2S. The molecule has 0 fully saturated rings. The van der Waals surface area contributed by atoms with Gasteiger partial charge in [0, 0.05) is 16.5 Å². The largest absolute Gasteiger partial charge is 0.327 e. The highest BCUT2D eigenvalue weighted by molar-refractivity contribution is 7.15. The van der Waals surface area contributed by atoms with E-state index in [2.05, 4.69) is 10.3 Å². The van der Waals surface area contributed by atoms with Crippen LogP contribution in [0.15, 0.2) is 18.2 Å². The molecule has 8 heteroatoms. The molecule has 0 saturated carbocycles. The van der Waals surface area contributed by atoms with Crippen molar-refractivity contribution < 1.29 is 9.59 Å². The summed E-state index contributed by atoms with van der Waals surface area (Å²) >= 11 is 13.3. The lowest BCUT2D eigenvalue weighted by Crippen LogP contribution is -2.42. The van der Waals surface area contributed by atoms with Crippen LogP contribution in [0.25, 0.3) is 0 Å². The maximum absolute atomic E-state index is 12.7. The molecule has 2 rings (SSSR count). The molecule has 1 N–H and O–H groups in total. The molecule has 1 aromatic carbocycles. The number of benzene rings is 1. The van der Waals surface area contributed by atoms with Gasteiger partial charge in [-0.05, 0) is 45.9 Å². The van der Waals surface area contributed by atoms with Crippen LogP contribution in [0.1, 0.15) is 34.8 Å². The number of aryl methyl sites for hydroxylation is 2. The molecule has 5 nitrogen and oxygen atoms in total. The number of nitrogens with one attached hydrogen (secondary N) is 1. The van der Waals surface area contributed by atoms with Crippen molar-refractivity contribution in [1.29, 1.82) is 0 Å². The number of carbonyl (C=O) groups excluding carboxylic acids is 2. The fourth-order valence-corrected chi connectivity index (χ4v) is 3.25. The van der Waals surface area contributed by atoms with Crippen LogP contribution in [0.4, 0.5) is 5.13 Å². The van der Waals surface area contributed by atoms with Gasteiger partial charge in [-0.2, -0.15) is 0 Å². The molecular weight excluding hydrogens is 381 g/mol. The molecule has 1 heterocycles. The minimum absolute atomic E-state index is 0.0750. The van der Waals surface area contributed by atoms with Crippen molar-refractivity contribution in [3.05, 3.63) is 44.4 Å². The lowest BCUT2D eigenvalue weighted by molar-refractivity contribution is -0.117. The van der Waals surface area contributed by atoms with E-state index in [1.807, 2.05) is 27.7 Å². The Balaban J connectivity index is 2.12. The number of rotatable bonds is 5. The summed E-state index contributed by atoms with van der Waals surface area (Å²) in [5.74, 6) is -0.578. The Morgan fingerprint density at radius 1 is 1.24 bits per heavy atom. The number of anilines is 1. The molecule has 1 aromatic heterocycles. The van der Waals surface area contributed by atoms with Gasteiger partial charge in [-0.1, -0.05) is 23.2 Å². The number of aromatic nitrogens is 1. The predicted molar refractivity (Wildman–Crippen MR) is 103 cm³/mol. The standard InChI is InChI=1S/C17H19Cl2N3O2S/c1-9(2)22(16(24)12-5-6-13(18)14(19)7-12)8-15(23)21-17-20-10(3)11(4)25-17/h5-7,9H,8H2,1-4H3,(H,20,21,23). The Morgan fingerprint density at radius 2 is 1.92 bits per heavy atom. The molecule has 0 radical (unpaired) electrons. The average Bonchev–Trinajstić information content (AvgIpc) is 2.84. The number of hydrogen-bond donors (Lipinski definition) is 1. The fourth-order valence-electron chi connectivity index (χ4n) is 2.12. The van der Waals surface area contributed by atoms with E-state index in [1.165, 1.54) is 22.3 Å². The summed E-state index contributed by atoms with van der Waals surface area (Å²) in [5.41, 5.74) is 1.27. The summed E-state index contributed by atoms with van der Waals surface area (Å²) in [6, 6.07) is 4.51. The highest BCUT2D eigenvalue weighted by Gasteiger charge is 2.22. The molecule has 0 bridgehead atoms. The maximum Gasteiger partial charge on any atom is 0.254 e. The van der Waals surface area contributed by atoms with Gasteiger partial charge < -0.3 is 10.2 Å². The van der Waals surface area contributed by atoms with E-state index in [-0.39, 0.29) is 24.4 Å². The van der Waals surface area contributed by atoms with E-state index in [9.17, 15) is 9.59 Å². The first-order chi connectivity index (χ1) is 11.7. The van der Waals surface area contributed by atoms with Crippen molar-refractivity contribution in [3.63, 3.8) is 0 Å². The summed E-state index contributed by atoms with van der Waals surface area (Å²) in [4.78, 5) is 31.8. The second-order valence-corrected chi connectivity index (χ2v) is 7.88. The van der Waals surface area contributed by atoms with Gasteiger partial charge in [-0.25, -0.2) is 4.98 Å². The number of hydrogen-bond acceptors (Lipinski definition) is 4. The van der Waals surface area contributed by atoms with Crippen LogP contribution in [-0.4, -0.2) is 34.3 Å². The third-order valence-electron chi connectivity index (χ3n) is 3.64. The Kier molecular flexibility index (Phi) is 6.43. The maximum atomic E-state index is 12.7. The zero-order valence-electron chi connectivity index (χ0n) is 14.4. The summed E-state index contributed by atoms with van der Waals surface area (Å²) in [6.07, 6.45) is 0. The number of halogens is 2. The third kappa shape index (κ3) is 4.93. The Labute approximate surface area is 161 Å². The van der Waals surface area contributed by atoms with Crippen LogP contribution in [0.5, 0.6) is 0 Å². The number of carbonyl (C=O) groups is 2. The smallest absolute Gasteiger partial charge is 0.254 e. The van der Waals surface area contributed by atoms with Crippen LogP contribution in [0, 0.1) is 13.8 Å². The van der Waals surface area contributed by atoms with E-state index in [0.717, 1.165) is 10.6 Å². The molecule has 2 amide bonds. The molecule has 0 aliphatic carbocycles. The second-order valence-electron chi connectivity index (χ2n) is 5.86. The number of amides is 2. The van der Waals surface area contributed by atoms with Gasteiger partial charge >= 0.3 is 0 Å². The lowest BCUT2D eigenvalue weighted by atomic mass is 10.1. The molecule has 25 heavy (non-hydrogen) atoms. The third-order valence-corrected chi connectivity index (χ3v) is 5.37. The zero-order valence-corrected chi connectivity index (χ0v) is 16.7. The van der Waals surface area contributed by atoms with Crippen LogP contribution < -0.4 is 5.32 Å². The van der Waals surface area contributed by atoms with Gasteiger partial charge in [0.1, 0.15) is 6.54 Å². The van der Waals surface area contributed by atoms with Crippen LogP contribution in [0.2, 0.25) is 10.0 Å². The van der Waals surface area contributed by atoms with Gasteiger partial charge in [0.15, 0.2) is 5.13 Å². The van der Waals surface area contributed by atoms with Crippen molar-refractivity contribution in [1.82, 2.24) is 9.88 Å². The molecule has 0 saturated heterocycles. The Bertz CT molecular complexity index is 786. The van der Waals surface area contributed by atoms with E-state index < -0.39 is 0 Å². The Hall–Kier alpha value is -1.63.